The van der Waals surface area contributed by atoms with Gasteiger partial charge in [-0.1, -0.05) is 0 Å². The second-order valence-electron chi connectivity index (χ2n) is 6.34. The van der Waals surface area contributed by atoms with Crippen LogP contribution in [0.5, 0.6) is 0 Å². The Morgan fingerprint density at radius 2 is 1.85 bits per heavy atom. The molecular formula is C17H19N5O4S. The molecule has 0 atom stereocenters. The van der Waals surface area contributed by atoms with E-state index in [1.807, 2.05) is 4.90 Å². The van der Waals surface area contributed by atoms with Gasteiger partial charge in [-0.05, 0) is 30.2 Å². The average molecular weight is 389 g/mol. The topological polar surface area (TPSA) is 114 Å². The quantitative estimate of drug-likeness (QED) is 0.802. The van der Waals surface area contributed by atoms with E-state index in [0.29, 0.717) is 50.8 Å². The lowest BCUT2D eigenvalue weighted by Gasteiger charge is -2.26. The molecule has 0 spiro atoms. The highest BCUT2D eigenvalue weighted by Gasteiger charge is 2.20. The number of aryl methyl sites for hydroxylation is 1. The summed E-state index contributed by atoms with van der Waals surface area (Å²) in [6.07, 6.45) is 3.77. The van der Waals surface area contributed by atoms with E-state index in [1.165, 1.54) is 18.5 Å². The normalized spacial score (nSPS) is 17.2. The van der Waals surface area contributed by atoms with E-state index in [1.54, 1.807) is 12.1 Å². The number of anilines is 3. The van der Waals surface area contributed by atoms with Crippen LogP contribution < -0.4 is 14.9 Å². The number of sulfonamides is 1. The van der Waals surface area contributed by atoms with Crippen molar-refractivity contribution in [2.45, 2.75) is 17.7 Å². The Labute approximate surface area is 156 Å². The van der Waals surface area contributed by atoms with Crippen LogP contribution in [0.2, 0.25) is 0 Å². The molecule has 9 nitrogen and oxygen atoms in total. The van der Waals surface area contributed by atoms with Gasteiger partial charge in [0, 0.05) is 25.2 Å². The highest BCUT2D eigenvalue weighted by atomic mass is 32.2. The summed E-state index contributed by atoms with van der Waals surface area (Å²) in [6.45, 7) is 2.65. The summed E-state index contributed by atoms with van der Waals surface area (Å²) < 4.78 is 33.1. The number of carbonyl (C=O) groups excluding carboxylic acids is 1. The van der Waals surface area contributed by atoms with Crippen molar-refractivity contribution in [3.05, 3.63) is 36.2 Å². The Morgan fingerprint density at radius 3 is 2.59 bits per heavy atom. The zero-order chi connectivity index (χ0) is 18.9. The molecule has 142 valence electrons. The minimum Gasteiger partial charge on any atom is -0.378 e. The third kappa shape index (κ3) is 3.86. The number of nitrogens with zero attached hydrogens (tertiary/aromatic N) is 3. The fourth-order valence-electron chi connectivity index (χ4n) is 3.04. The summed E-state index contributed by atoms with van der Waals surface area (Å²) in [5.74, 6) is 0.486. The zero-order valence-corrected chi connectivity index (χ0v) is 15.3. The Morgan fingerprint density at radius 1 is 1.11 bits per heavy atom. The van der Waals surface area contributed by atoms with Gasteiger partial charge in [-0.2, -0.15) is 0 Å². The average Bonchev–Trinajstić information content (AvgIpc) is 2.68. The highest BCUT2D eigenvalue weighted by Crippen LogP contribution is 2.26. The second-order valence-corrected chi connectivity index (χ2v) is 8.03. The Hall–Kier alpha value is -2.72. The van der Waals surface area contributed by atoms with Crippen molar-refractivity contribution in [3.63, 3.8) is 0 Å². The number of ether oxygens (including phenoxy) is 1. The number of nitrogens with one attached hydrogen (secondary N) is 2. The largest absolute Gasteiger partial charge is 0.378 e. The first-order valence-corrected chi connectivity index (χ1v) is 10.1. The fourth-order valence-corrected chi connectivity index (χ4v) is 4.12. The molecule has 0 radical (unpaired) electrons. The minimum absolute atomic E-state index is 0.0614. The van der Waals surface area contributed by atoms with E-state index in [4.69, 9.17) is 4.74 Å². The fraction of sp³-hybridized carbons (Fsp3) is 0.353. The van der Waals surface area contributed by atoms with Crippen molar-refractivity contribution >= 4 is 33.3 Å². The zero-order valence-electron chi connectivity index (χ0n) is 14.5. The number of aromatic nitrogens is 2. The Balaban J connectivity index is 1.50. The van der Waals surface area contributed by atoms with Crippen molar-refractivity contribution in [2.24, 2.45) is 0 Å². The molecule has 2 aromatic rings. The summed E-state index contributed by atoms with van der Waals surface area (Å²) in [6, 6.07) is 4.66. The van der Waals surface area contributed by atoms with E-state index in [0.717, 1.165) is 5.56 Å². The minimum atomic E-state index is -3.77. The molecule has 4 rings (SSSR count). The van der Waals surface area contributed by atoms with Crippen molar-refractivity contribution in [2.75, 3.05) is 41.2 Å². The van der Waals surface area contributed by atoms with Crippen molar-refractivity contribution in [1.29, 1.82) is 0 Å². The first-order chi connectivity index (χ1) is 13.0. The van der Waals surface area contributed by atoms with Gasteiger partial charge in [0.05, 0.1) is 36.2 Å². The third-order valence-corrected chi connectivity index (χ3v) is 5.85. The molecule has 0 saturated carbocycles. The maximum absolute atomic E-state index is 12.7. The lowest BCUT2D eigenvalue weighted by atomic mass is 10.0. The molecular weight excluding hydrogens is 370 g/mol. The maximum atomic E-state index is 12.7. The molecule has 27 heavy (non-hydrogen) atoms. The summed E-state index contributed by atoms with van der Waals surface area (Å²) >= 11 is 0. The van der Waals surface area contributed by atoms with Gasteiger partial charge < -0.3 is 15.0 Å². The summed E-state index contributed by atoms with van der Waals surface area (Å²) in [7, 11) is -3.77. The number of amides is 1. The number of rotatable bonds is 4. The smallest absolute Gasteiger partial charge is 0.262 e. The summed E-state index contributed by atoms with van der Waals surface area (Å²) in [5, 5.41) is 2.74. The molecule has 10 heteroatoms. The van der Waals surface area contributed by atoms with Crippen LogP contribution in [0.25, 0.3) is 0 Å². The highest BCUT2D eigenvalue weighted by molar-refractivity contribution is 7.92. The van der Waals surface area contributed by atoms with Gasteiger partial charge >= 0.3 is 0 Å². The molecule has 1 aromatic heterocycles. The van der Waals surface area contributed by atoms with Gasteiger partial charge in [0.15, 0.2) is 0 Å². The van der Waals surface area contributed by atoms with E-state index >= 15 is 0 Å². The predicted octanol–water partition coefficient (Wildman–Crippen LogP) is 0.999. The van der Waals surface area contributed by atoms with Gasteiger partial charge in [-0.15, -0.1) is 0 Å². The molecule has 0 bridgehead atoms. The van der Waals surface area contributed by atoms with Gasteiger partial charge in [0.2, 0.25) is 11.9 Å². The van der Waals surface area contributed by atoms with Gasteiger partial charge in [0.25, 0.3) is 10.0 Å². The predicted molar refractivity (Wildman–Crippen MR) is 99.3 cm³/mol. The van der Waals surface area contributed by atoms with Crippen LogP contribution in [-0.4, -0.2) is 50.6 Å². The molecule has 2 aliphatic heterocycles. The molecule has 1 aromatic carbocycles. The Bertz CT molecular complexity index is 956. The van der Waals surface area contributed by atoms with Crippen molar-refractivity contribution in [1.82, 2.24) is 9.97 Å². The van der Waals surface area contributed by atoms with Crippen LogP contribution in [0.15, 0.2) is 35.5 Å². The standard InChI is InChI=1S/C17H19N5O4S/c23-16-4-1-12-9-14(2-3-15(12)20-16)27(24,25)21-13-10-18-17(19-11-13)22-5-7-26-8-6-22/h2-3,9-11,21H,1,4-8H2,(H,20,23). The summed E-state index contributed by atoms with van der Waals surface area (Å²) in [4.78, 5) is 22.0. The SMILES string of the molecule is O=C1CCc2cc(S(=O)(=O)Nc3cnc(N4CCOCC4)nc3)ccc2N1. The molecule has 3 heterocycles. The van der Waals surface area contributed by atoms with Crippen LogP contribution in [0.1, 0.15) is 12.0 Å². The van der Waals surface area contributed by atoms with E-state index in [-0.39, 0.29) is 16.5 Å². The lowest BCUT2D eigenvalue weighted by molar-refractivity contribution is -0.116. The molecule has 1 fully saturated rings. The molecule has 1 amide bonds. The van der Waals surface area contributed by atoms with E-state index in [9.17, 15) is 13.2 Å². The van der Waals surface area contributed by atoms with Crippen LogP contribution in [0, 0.1) is 0 Å². The van der Waals surface area contributed by atoms with Crippen molar-refractivity contribution in [3.8, 4) is 0 Å². The lowest BCUT2D eigenvalue weighted by Crippen LogP contribution is -2.37. The van der Waals surface area contributed by atoms with Gasteiger partial charge in [-0.3, -0.25) is 9.52 Å². The van der Waals surface area contributed by atoms with Gasteiger partial charge in [-0.25, -0.2) is 18.4 Å². The Kier molecular flexibility index (Phi) is 4.66. The van der Waals surface area contributed by atoms with E-state index < -0.39 is 10.0 Å². The van der Waals surface area contributed by atoms with Gasteiger partial charge in [0.1, 0.15) is 0 Å². The van der Waals surface area contributed by atoms with Crippen LogP contribution in [0.4, 0.5) is 17.3 Å². The van der Waals surface area contributed by atoms with E-state index in [2.05, 4.69) is 20.0 Å². The van der Waals surface area contributed by atoms with Crippen LogP contribution in [0.3, 0.4) is 0 Å². The molecule has 1 saturated heterocycles. The second kappa shape index (κ2) is 7.12. The maximum Gasteiger partial charge on any atom is 0.262 e. The van der Waals surface area contributed by atoms with Crippen LogP contribution in [-0.2, 0) is 26.0 Å². The third-order valence-electron chi connectivity index (χ3n) is 4.47. The first-order valence-electron chi connectivity index (χ1n) is 8.62. The molecule has 2 aliphatic rings. The number of morpholine rings is 1. The van der Waals surface area contributed by atoms with Crippen molar-refractivity contribution < 1.29 is 17.9 Å². The molecule has 0 unspecified atom stereocenters. The summed E-state index contributed by atoms with van der Waals surface area (Å²) in [5.41, 5.74) is 1.75. The number of fused-ring (bicyclic) bond motifs is 1. The number of hydrogen-bond donors (Lipinski definition) is 2. The number of carbonyl (C=O) groups is 1. The monoisotopic (exact) mass is 389 g/mol. The number of hydrogen-bond acceptors (Lipinski definition) is 7. The van der Waals surface area contributed by atoms with Crippen LogP contribution >= 0.6 is 0 Å². The molecule has 2 N–H and O–H groups in total. The first kappa shape index (κ1) is 17.7. The molecule has 0 aliphatic carbocycles. The number of benzene rings is 1.